The molecule has 2 heterocycles. The summed E-state index contributed by atoms with van der Waals surface area (Å²) in [6.07, 6.45) is 8.04. The molecule has 24 heavy (non-hydrogen) atoms. The molecule has 0 unspecified atom stereocenters. The topological polar surface area (TPSA) is 60.3 Å². The SMILES string of the molecule is COC(=O)c1cc2ccsc2n1CC(=O)NCCC1=CCCCC1. The summed E-state index contributed by atoms with van der Waals surface area (Å²) in [5.74, 6) is -0.499. The number of nitrogens with one attached hydrogen (secondary N) is 1. The molecule has 0 bridgehead atoms. The van der Waals surface area contributed by atoms with Crippen molar-refractivity contribution in [1.82, 2.24) is 9.88 Å². The van der Waals surface area contributed by atoms with Gasteiger partial charge in [0.1, 0.15) is 17.1 Å². The van der Waals surface area contributed by atoms with E-state index in [4.69, 9.17) is 4.74 Å². The number of fused-ring (bicyclic) bond motifs is 1. The molecule has 1 aliphatic carbocycles. The van der Waals surface area contributed by atoms with Crippen LogP contribution in [0.2, 0.25) is 0 Å². The van der Waals surface area contributed by atoms with E-state index in [1.807, 2.05) is 11.4 Å². The molecule has 0 aliphatic heterocycles. The molecule has 0 atom stereocenters. The van der Waals surface area contributed by atoms with Gasteiger partial charge in [0.15, 0.2) is 0 Å². The van der Waals surface area contributed by atoms with Crippen molar-refractivity contribution in [2.75, 3.05) is 13.7 Å². The summed E-state index contributed by atoms with van der Waals surface area (Å²) in [5.41, 5.74) is 1.86. The minimum absolute atomic E-state index is 0.0811. The molecule has 0 fully saturated rings. The van der Waals surface area contributed by atoms with E-state index in [1.165, 1.54) is 36.9 Å². The Morgan fingerprint density at radius 2 is 2.25 bits per heavy atom. The van der Waals surface area contributed by atoms with Gasteiger partial charge in [-0.1, -0.05) is 11.6 Å². The highest BCUT2D eigenvalue weighted by Crippen LogP contribution is 2.25. The van der Waals surface area contributed by atoms with Gasteiger partial charge in [-0.25, -0.2) is 4.79 Å². The van der Waals surface area contributed by atoms with Crippen molar-refractivity contribution >= 4 is 33.4 Å². The third-order valence-electron chi connectivity index (χ3n) is 4.35. The van der Waals surface area contributed by atoms with Crippen LogP contribution in [0.1, 0.15) is 42.6 Å². The van der Waals surface area contributed by atoms with Gasteiger partial charge in [0.2, 0.25) is 5.91 Å². The van der Waals surface area contributed by atoms with E-state index < -0.39 is 5.97 Å². The fraction of sp³-hybridized carbons (Fsp3) is 0.444. The lowest BCUT2D eigenvalue weighted by Crippen LogP contribution is -2.29. The molecule has 0 saturated heterocycles. The largest absolute Gasteiger partial charge is 0.464 e. The van der Waals surface area contributed by atoms with Crippen LogP contribution in [0.4, 0.5) is 0 Å². The van der Waals surface area contributed by atoms with Gasteiger partial charge >= 0.3 is 5.97 Å². The first-order valence-corrected chi connectivity index (χ1v) is 9.16. The van der Waals surface area contributed by atoms with Crippen molar-refractivity contribution < 1.29 is 14.3 Å². The highest BCUT2D eigenvalue weighted by Gasteiger charge is 2.18. The van der Waals surface area contributed by atoms with E-state index >= 15 is 0 Å². The van der Waals surface area contributed by atoms with Crippen LogP contribution in [-0.2, 0) is 16.1 Å². The smallest absolute Gasteiger partial charge is 0.354 e. The Morgan fingerprint density at radius 1 is 1.38 bits per heavy atom. The summed E-state index contributed by atoms with van der Waals surface area (Å²) >= 11 is 1.52. The molecule has 1 N–H and O–H groups in total. The van der Waals surface area contributed by atoms with Gasteiger partial charge in [-0.05, 0) is 49.6 Å². The molecule has 0 spiro atoms. The Kier molecular flexibility index (Phi) is 5.35. The van der Waals surface area contributed by atoms with Crippen molar-refractivity contribution in [3.05, 3.63) is 34.9 Å². The molecule has 2 aromatic heterocycles. The lowest BCUT2D eigenvalue weighted by Gasteiger charge is -2.13. The Hall–Kier alpha value is -2.08. The summed E-state index contributed by atoms with van der Waals surface area (Å²) in [7, 11) is 1.35. The molecule has 1 aliphatic rings. The van der Waals surface area contributed by atoms with Crippen LogP contribution in [0.5, 0.6) is 0 Å². The van der Waals surface area contributed by atoms with Crippen LogP contribution in [0.25, 0.3) is 10.2 Å². The first-order valence-electron chi connectivity index (χ1n) is 8.28. The molecule has 128 valence electrons. The third-order valence-corrected chi connectivity index (χ3v) is 5.30. The second kappa shape index (κ2) is 7.66. The number of hydrogen-bond donors (Lipinski definition) is 1. The number of esters is 1. The zero-order chi connectivity index (χ0) is 16.9. The molecule has 3 rings (SSSR count). The standard InChI is InChI=1S/C18H22N2O3S/c1-23-18(22)15-11-14-8-10-24-17(14)20(15)12-16(21)19-9-7-13-5-3-2-4-6-13/h5,8,10-11H,2-4,6-7,9,12H2,1H3,(H,19,21). The Bertz CT molecular complexity index is 772. The maximum Gasteiger partial charge on any atom is 0.354 e. The van der Waals surface area contributed by atoms with Crippen LogP contribution >= 0.6 is 11.3 Å². The lowest BCUT2D eigenvalue weighted by molar-refractivity contribution is -0.121. The summed E-state index contributed by atoms with van der Waals surface area (Å²) in [5, 5.41) is 5.87. The second-order valence-electron chi connectivity index (χ2n) is 6.00. The van der Waals surface area contributed by atoms with Crippen LogP contribution < -0.4 is 5.32 Å². The zero-order valence-corrected chi connectivity index (χ0v) is 14.7. The first-order chi connectivity index (χ1) is 11.7. The number of methoxy groups -OCH3 is 1. The lowest BCUT2D eigenvalue weighted by atomic mass is 9.97. The summed E-state index contributed by atoms with van der Waals surface area (Å²) < 4.78 is 6.56. The Balaban J connectivity index is 1.63. The van der Waals surface area contributed by atoms with Gasteiger partial charge < -0.3 is 14.6 Å². The highest BCUT2D eigenvalue weighted by molar-refractivity contribution is 7.16. The molecule has 2 aromatic rings. The average molecular weight is 346 g/mol. The van der Waals surface area contributed by atoms with Gasteiger partial charge in [0.25, 0.3) is 0 Å². The number of aromatic nitrogens is 1. The average Bonchev–Trinajstić information content (AvgIpc) is 3.18. The van der Waals surface area contributed by atoms with E-state index in [-0.39, 0.29) is 12.5 Å². The van der Waals surface area contributed by atoms with Gasteiger partial charge in [0.05, 0.1) is 7.11 Å². The molecule has 0 aromatic carbocycles. The molecule has 0 radical (unpaired) electrons. The minimum Gasteiger partial charge on any atom is -0.464 e. The molecule has 5 nitrogen and oxygen atoms in total. The number of carbonyl (C=O) groups is 2. The predicted molar refractivity (Wildman–Crippen MR) is 95.3 cm³/mol. The van der Waals surface area contributed by atoms with E-state index in [1.54, 1.807) is 10.6 Å². The maximum absolute atomic E-state index is 12.3. The summed E-state index contributed by atoms with van der Waals surface area (Å²) in [6.45, 7) is 0.778. The fourth-order valence-electron chi connectivity index (χ4n) is 3.10. The van der Waals surface area contributed by atoms with Gasteiger partial charge in [-0.3, -0.25) is 4.79 Å². The van der Waals surface area contributed by atoms with Crippen molar-refractivity contribution in [1.29, 1.82) is 0 Å². The fourth-order valence-corrected chi connectivity index (χ4v) is 4.00. The number of allylic oxidation sites excluding steroid dienone is 1. The number of ether oxygens (including phenoxy) is 1. The minimum atomic E-state index is -0.418. The van der Waals surface area contributed by atoms with Crippen molar-refractivity contribution in [3.63, 3.8) is 0 Å². The quantitative estimate of drug-likeness (QED) is 0.643. The summed E-state index contributed by atoms with van der Waals surface area (Å²) in [4.78, 5) is 25.1. The Morgan fingerprint density at radius 3 is 3.00 bits per heavy atom. The number of nitrogens with zero attached hydrogens (tertiary/aromatic N) is 1. The molecular weight excluding hydrogens is 324 g/mol. The van der Waals surface area contributed by atoms with Crippen LogP contribution in [-0.4, -0.2) is 30.1 Å². The first kappa shape index (κ1) is 16.8. The number of amides is 1. The van der Waals surface area contributed by atoms with Crippen LogP contribution in [0.3, 0.4) is 0 Å². The predicted octanol–water partition coefficient (Wildman–Crippen LogP) is 3.50. The highest BCUT2D eigenvalue weighted by atomic mass is 32.1. The van der Waals surface area contributed by atoms with Gasteiger partial charge in [0, 0.05) is 11.9 Å². The number of carbonyl (C=O) groups excluding carboxylic acids is 2. The monoisotopic (exact) mass is 346 g/mol. The van der Waals surface area contributed by atoms with E-state index in [0.717, 1.165) is 29.5 Å². The Labute approximate surface area is 145 Å². The maximum atomic E-state index is 12.3. The molecule has 1 amide bonds. The van der Waals surface area contributed by atoms with Crippen LogP contribution in [0.15, 0.2) is 29.2 Å². The third kappa shape index (κ3) is 3.70. The van der Waals surface area contributed by atoms with E-state index in [0.29, 0.717) is 12.2 Å². The summed E-state index contributed by atoms with van der Waals surface area (Å²) in [6, 6.07) is 3.72. The van der Waals surface area contributed by atoms with Gasteiger partial charge in [-0.15, -0.1) is 11.3 Å². The van der Waals surface area contributed by atoms with Crippen LogP contribution in [0, 0.1) is 0 Å². The number of rotatable bonds is 6. The van der Waals surface area contributed by atoms with Crippen molar-refractivity contribution in [2.24, 2.45) is 0 Å². The van der Waals surface area contributed by atoms with Crippen molar-refractivity contribution in [2.45, 2.75) is 38.6 Å². The molecule has 0 saturated carbocycles. The zero-order valence-electron chi connectivity index (χ0n) is 13.8. The molecular formula is C18H22N2O3S. The van der Waals surface area contributed by atoms with E-state index in [2.05, 4.69) is 11.4 Å². The van der Waals surface area contributed by atoms with Crippen molar-refractivity contribution in [3.8, 4) is 0 Å². The second-order valence-corrected chi connectivity index (χ2v) is 6.89. The van der Waals surface area contributed by atoms with E-state index in [9.17, 15) is 9.59 Å². The normalized spacial score (nSPS) is 14.5. The number of thiophene rings is 1. The number of hydrogen-bond acceptors (Lipinski definition) is 4. The molecule has 6 heteroatoms. The van der Waals surface area contributed by atoms with Gasteiger partial charge in [-0.2, -0.15) is 0 Å².